The highest BCUT2D eigenvalue weighted by molar-refractivity contribution is 5.97. The Morgan fingerprint density at radius 1 is 1.40 bits per heavy atom. The number of hydrogen-bond acceptors (Lipinski definition) is 3. The van der Waals surface area contributed by atoms with Gasteiger partial charge < -0.3 is 14.7 Å². The molecule has 0 spiro atoms. The molecule has 1 heterocycles. The topological polar surface area (TPSA) is 66.8 Å². The molecule has 0 aromatic heterocycles. The third kappa shape index (κ3) is 3.36. The predicted octanol–water partition coefficient (Wildman–Crippen LogP) is 1.88. The Labute approximate surface area is 118 Å². The summed E-state index contributed by atoms with van der Waals surface area (Å²) in [7, 11) is 0. The summed E-state index contributed by atoms with van der Waals surface area (Å²) in [6, 6.07) is 6.18. The summed E-state index contributed by atoms with van der Waals surface area (Å²) in [5.41, 5.74) is 0.572. The molecule has 0 aliphatic carbocycles. The number of carbonyl (C=O) groups is 2. The summed E-state index contributed by atoms with van der Waals surface area (Å²) >= 11 is 0. The van der Waals surface area contributed by atoms with E-state index in [1.54, 1.807) is 17.0 Å². The van der Waals surface area contributed by atoms with Crippen LogP contribution in [-0.4, -0.2) is 48.2 Å². The van der Waals surface area contributed by atoms with Crippen molar-refractivity contribution >= 4 is 11.9 Å². The molecule has 2 rings (SSSR count). The van der Waals surface area contributed by atoms with E-state index < -0.39 is 5.97 Å². The SMILES string of the molecule is CCOC[C@@H]1CCN(C(=O)c2cccc(C(=O)O)c2)C1. The number of carbonyl (C=O) groups excluding carboxylic acids is 1. The lowest BCUT2D eigenvalue weighted by Crippen LogP contribution is -2.29. The van der Waals surface area contributed by atoms with Gasteiger partial charge in [-0.1, -0.05) is 6.07 Å². The Hall–Kier alpha value is -1.88. The normalized spacial score (nSPS) is 18.2. The number of amides is 1. The number of hydrogen-bond donors (Lipinski definition) is 1. The Morgan fingerprint density at radius 2 is 2.15 bits per heavy atom. The molecule has 0 radical (unpaired) electrons. The summed E-state index contributed by atoms with van der Waals surface area (Å²) in [6.45, 7) is 4.69. The van der Waals surface area contributed by atoms with Crippen molar-refractivity contribution < 1.29 is 19.4 Å². The fourth-order valence-electron chi connectivity index (χ4n) is 2.41. The molecule has 1 amide bonds. The molecule has 1 aliphatic rings. The van der Waals surface area contributed by atoms with Crippen LogP contribution in [0.2, 0.25) is 0 Å². The van der Waals surface area contributed by atoms with Gasteiger partial charge in [-0.2, -0.15) is 0 Å². The number of likely N-dealkylation sites (tertiary alicyclic amines) is 1. The van der Waals surface area contributed by atoms with Crippen molar-refractivity contribution in [2.24, 2.45) is 5.92 Å². The van der Waals surface area contributed by atoms with Crippen LogP contribution >= 0.6 is 0 Å². The molecule has 1 saturated heterocycles. The number of aromatic carboxylic acids is 1. The Balaban J connectivity index is 2.01. The van der Waals surface area contributed by atoms with E-state index in [0.717, 1.165) is 6.42 Å². The molecule has 1 aromatic rings. The minimum Gasteiger partial charge on any atom is -0.478 e. The number of nitrogens with zero attached hydrogens (tertiary/aromatic N) is 1. The van der Waals surface area contributed by atoms with E-state index in [0.29, 0.717) is 37.8 Å². The second-order valence-corrected chi connectivity index (χ2v) is 4.95. The van der Waals surface area contributed by atoms with Gasteiger partial charge in [0.05, 0.1) is 12.2 Å². The molecule has 5 heteroatoms. The monoisotopic (exact) mass is 277 g/mol. The van der Waals surface area contributed by atoms with Crippen LogP contribution in [0.25, 0.3) is 0 Å². The number of ether oxygens (including phenoxy) is 1. The van der Waals surface area contributed by atoms with Crippen molar-refractivity contribution in [2.45, 2.75) is 13.3 Å². The molecule has 5 nitrogen and oxygen atoms in total. The fraction of sp³-hybridized carbons (Fsp3) is 0.467. The molecule has 20 heavy (non-hydrogen) atoms. The highest BCUT2D eigenvalue weighted by Crippen LogP contribution is 2.19. The van der Waals surface area contributed by atoms with Crippen LogP contribution in [0.4, 0.5) is 0 Å². The molecule has 0 unspecified atom stereocenters. The molecular formula is C15H19NO4. The van der Waals surface area contributed by atoms with Gasteiger partial charge in [-0.15, -0.1) is 0 Å². The molecule has 1 aromatic carbocycles. The van der Waals surface area contributed by atoms with Gasteiger partial charge >= 0.3 is 5.97 Å². The summed E-state index contributed by atoms with van der Waals surface area (Å²) in [6.07, 6.45) is 0.935. The molecule has 1 N–H and O–H groups in total. The van der Waals surface area contributed by atoms with E-state index in [9.17, 15) is 9.59 Å². The minimum absolute atomic E-state index is 0.105. The smallest absolute Gasteiger partial charge is 0.335 e. The van der Waals surface area contributed by atoms with E-state index in [-0.39, 0.29) is 11.5 Å². The zero-order valence-corrected chi connectivity index (χ0v) is 11.5. The van der Waals surface area contributed by atoms with Crippen LogP contribution in [-0.2, 0) is 4.74 Å². The lowest BCUT2D eigenvalue weighted by Gasteiger charge is -2.17. The quantitative estimate of drug-likeness (QED) is 0.892. The van der Waals surface area contributed by atoms with E-state index in [1.807, 2.05) is 6.92 Å². The van der Waals surface area contributed by atoms with Crippen molar-refractivity contribution in [3.63, 3.8) is 0 Å². The predicted molar refractivity (Wildman–Crippen MR) is 73.9 cm³/mol. The van der Waals surface area contributed by atoms with E-state index in [1.165, 1.54) is 12.1 Å². The second-order valence-electron chi connectivity index (χ2n) is 4.95. The number of benzene rings is 1. The summed E-state index contributed by atoms with van der Waals surface area (Å²) < 4.78 is 5.39. The third-order valence-corrected chi connectivity index (χ3v) is 3.49. The molecule has 0 saturated carbocycles. The van der Waals surface area contributed by atoms with Gasteiger partial charge in [-0.05, 0) is 31.5 Å². The van der Waals surface area contributed by atoms with Crippen LogP contribution in [0.3, 0.4) is 0 Å². The first-order valence-electron chi connectivity index (χ1n) is 6.82. The Kier molecular flexibility index (Phi) is 4.74. The largest absolute Gasteiger partial charge is 0.478 e. The Bertz CT molecular complexity index is 500. The highest BCUT2D eigenvalue weighted by atomic mass is 16.5. The lowest BCUT2D eigenvalue weighted by atomic mass is 10.1. The second kappa shape index (κ2) is 6.52. The van der Waals surface area contributed by atoms with Gasteiger partial charge in [0.2, 0.25) is 0 Å². The minimum atomic E-state index is -1.02. The molecule has 1 atom stereocenters. The molecule has 0 bridgehead atoms. The number of rotatable bonds is 5. The lowest BCUT2D eigenvalue weighted by molar-refractivity contribution is 0.0697. The first kappa shape index (κ1) is 14.5. The van der Waals surface area contributed by atoms with Crippen molar-refractivity contribution in [3.8, 4) is 0 Å². The first-order chi connectivity index (χ1) is 9.61. The first-order valence-corrected chi connectivity index (χ1v) is 6.82. The maximum absolute atomic E-state index is 12.3. The van der Waals surface area contributed by atoms with E-state index in [4.69, 9.17) is 9.84 Å². The van der Waals surface area contributed by atoms with Crippen molar-refractivity contribution in [1.82, 2.24) is 4.90 Å². The van der Waals surface area contributed by atoms with Gasteiger partial charge in [-0.3, -0.25) is 4.79 Å². The zero-order valence-electron chi connectivity index (χ0n) is 11.5. The summed E-state index contributed by atoms with van der Waals surface area (Å²) in [4.78, 5) is 25.0. The van der Waals surface area contributed by atoms with Crippen LogP contribution in [0.15, 0.2) is 24.3 Å². The summed E-state index contributed by atoms with van der Waals surface area (Å²) in [5.74, 6) is -0.746. The molecule has 1 aliphatic heterocycles. The van der Waals surface area contributed by atoms with Crippen molar-refractivity contribution in [2.75, 3.05) is 26.3 Å². The third-order valence-electron chi connectivity index (χ3n) is 3.49. The van der Waals surface area contributed by atoms with Crippen LogP contribution in [0, 0.1) is 5.92 Å². The fourth-order valence-corrected chi connectivity index (χ4v) is 2.41. The van der Waals surface area contributed by atoms with Gasteiger partial charge in [-0.25, -0.2) is 4.79 Å². The average Bonchev–Trinajstić information content (AvgIpc) is 2.93. The van der Waals surface area contributed by atoms with Gasteiger partial charge in [0.1, 0.15) is 0 Å². The maximum atomic E-state index is 12.3. The number of carboxylic acids is 1. The van der Waals surface area contributed by atoms with E-state index in [2.05, 4.69) is 0 Å². The van der Waals surface area contributed by atoms with Crippen LogP contribution < -0.4 is 0 Å². The number of carboxylic acid groups (broad SMARTS) is 1. The average molecular weight is 277 g/mol. The van der Waals surface area contributed by atoms with Crippen molar-refractivity contribution in [1.29, 1.82) is 0 Å². The maximum Gasteiger partial charge on any atom is 0.335 e. The van der Waals surface area contributed by atoms with Crippen molar-refractivity contribution in [3.05, 3.63) is 35.4 Å². The highest BCUT2D eigenvalue weighted by Gasteiger charge is 2.27. The van der Waals surface area contributed by atoms with E-state index >= 15 is 0 Å². The van der Waals surface area contributed by atoms with Gasteiger partial charge in [0.15, 0.2) is 0 Å². The molecule has 108 valence electrons. The molecular weight excluding hydrogens is 258 g/mol. The van der Waals surface area contributed by atoms with Crippen LogP contribution in [0.5, 0.6) is 0 Å². The standard InChI is InChI=1S/C15H19NO4/c1-2-20-10-11-6-7-16(9-11)14(17)12-4-3-5-13(8-12)15(18)19/h3-5,8,11H,2,6-7,9-10H2,1H3,(H,18,19)/t11-/m1/s1. The summed E-state index contributed by atoms with van der Waals surface area (Å²) in [5, 5.41) is 8.95. The molecule has 1 fully saturated rings. The zero-order chi connectivity index (χ0) is 14.5. The van der Waals surface area contributed by atoms with Gasteiger partial charge in [0.25, 0.3) is 5.91 Å². The van der Waals surface area contributed by atoms with Gasteiger partial charge in [0, 0.05) is 31.2 Å². The van der Waals surface area contributed by atoms with Crippen LogP contribution in [0.1, 0.15) is 34.1 Å². The Morgan fingerprint density at radius 3 is 2.85 bits per heavy atom.